The van der Waals surface area contributed by atoms with E-state index in [1.165, 1.54) is 0 Å². The molecule has 18 heavy (non-hydrogen) atoms. The number of H-pyrrole nitrogens is 1. The fraction of sp³-hybridized carbons (Fsp3) is 0.231. The lowest BCUT2D eigenvalue weighted by molar-refractivity contribution is -0.120. The van der Waals surface area contributed by atoms with Crippen LogP contribution in [-0.4, -0.2) is 22.4 Å². The maximum Gasteiger partial charge on any atom is 0.234 e. The number of imidazole rings is 1. The molecule has 94 valence electrons. The number of aromatic amines is 1. The van der Waals surface area contributed by atoms with Gasteiger partial charge in [0.2, 0.25) is 5.91 Å². The van der Waals surface area contributed by atoms with Gasteiger partial charge in [0.05, 0.1) is 12.9 Å². The van der Waals surface area contributed by atoms with Crippen LogP contribution in [0.5, 0.6) is 0 Å². The molecule has 3 N–H and O–H groups in total. The van der Waals surface area contributed by atoms with Crippen LogP contribution in [0.25, 0.3) is 0 Å². The minimum atomic E-state index is -0.0154. The van der Waals surface area contributed by atoms with Gasteiger partial charge in [-0.05, 0) is 5.56 Å². The highest BCUT2D eigenvalue weighted by Gasteiger charge is 2.01. The van der Waals surface area contributed by atoms with Crippen molar-refractivity contribution < 1.29 is 4.79 Å². The molecular formula is C13H16N4O. The molecule has 0 aliphatic rings. The van der Waals surface area contributed by atoms with Crippen LogP contribution >= 0.6 is 0 Å². The van der Waals surface area contributed by atoms with Crippen LogP contribution < -0.4 is 10.6 Å². The SMILES string of the molecule is O=C(CNCc1cnc[nH]1)NCc1ccccc1. The molecule has 0 bridgehead atoms. The van der Waals surface area contributed by atoms with E-state index in [0.717, 1.165) is 11.3 Å². The molecule has 1 aromatic heterocycles. The second-order valence-electron chi connectivity index (χ2n) is 3.94. The Kier molecular flexibility index (Phi) is 4.49. The fourth-order valence-electron chi connectivity index (χ4n) is 1.55. The predicted molar refractivity (Wildman–Crippen MR) is 68.6 cm³/mol. The molecule has 1 amide bonds. The number of aromatic nitrogens is 2. The second kappa shape index (κ2) is 6.56. The molecule has 0 radical (unpaired) electrons. The zero-order chi connectivity index (χ0) is 12.6. The molecule has 1 heterocycles. The Balaban J connectivity index is 1.63. The van der Waals surface area contributed by atoms with E-state index in [0.29, 0.717) is 19.6 Å². The van der Waals surface area contributed by atoms with Crippen molar-refractivity contribution in [2.75, 3.05) is 6.54 Å². The number of carbonyl (C=O) groups excluding carboxylic acids is 1. The maximum absolute atomic E-state index is 11.5. The number of hydrogen-bond donors (Lipinski definition) is 3. The van der Waals surface area contributed by atoms with Gasteiger partial charge >= 0.3 is 0 Å². The highest BCUT2D eigenvalue weighted by Crippen LogP contribution is 1.96. The standard InChI is InChI=1S/C13H16N4O/c18-13(9-14-7-12-8-15-10-17-12)16-6-11-4-2-1-3-5-11/h1-5,8,10,14H,6-7,9H2,(H,15,17)(H,16,18). The lowest BCUT2D eigenvalue weighted by Crippen LogP contribution is -2.33. The van der Waals surface area contributed by atoms with Crippen molar-refractivity contribution in [3.8, 4) is 0 Å². The van der Waals surface area contributed by atoms with Crippen LogP contribution in [0.2, 0.25) is 0 Å². The van der Waals surface area contributed by atoms with Gasteiger partial charge in [-0.1, -0.05) is 30.3 Å². The molecule has 1 aromatic carbocycles. The highest BCUT2D eigenvalue weighted by molar-refractivity contribution is 5.77. The quantitative estimate of drug-likeness (QED) is 0.704. The Hall–Kier alpha value is -2.14. The van der Waals surface area contributed by atoms with Crippen molar-refractivity contribution in [2.45, 2.75) is 13.1 Å². The van der Waals surface area contributed by atoms with E-state index < -0.39 is 0 Å². The van der Waals surface area contributed by atoms with Gasteiger partial charge in [0.25, 0.3) is 0 Å². The molecule has 0 aliphatic carbocycles. The van der Waals surface area contributed by atoms with Crippen molar-refractivity contribution in [3.63, 3.8) is 0 Å². The number of rotatable bonds is 6. The first-order chi connectivity index (χ1) is 8.84. The number of nitrogens with zero attached hydrogens (tertiary/aromatic N) is 1. The Morgan fingerprint density at radius 3 is 2.78 bits per heavy atom. The molecule has 2 rings (SSSR count). The largest absolute Gasteiger partial charge is 0.351 e. The molecule has 5 heteroatoms. The molecule has 0 fully saturated rings. The van der Waals surface area contributed by atoms with E-state index in [1.807, 2.05) is 30.3 Å². The second-order valence-corrected chi connectivity index (χ2v) is 3.94. The highest BCUT2D eigenvalue weighted by atomic mass is 16.1. The third-order valence-electron chi connectivity index (χ3n) is 2.49. The Morgan fingerprint density at radius 1 is 1.22 bits per heavy atom. The average molecular weight is 244 g/mol. The maximum atomic E-state index is 11.5. The van der Waals surface area contributed by atoms with Gasteiger partial charge < -0.3 is 15.6 Å². The molecule has 0 aliphatic heterocycles. The van der Waals surface area contributed by atoms with Crippen LogP contribution in [0, 0.1) is 0 Å². The van der Waals surface area contributed by atoms with Gasteiger partial charge in [0.1, 0.15) is 0 Å². The van der Waals surface area contributed by atoms with Crippen molar-refractivity contribution in [2.24, 2.45) is 0 Å². The van der Waals surface area contributed by atoms with Gasteiger partial charge in [0.15, 0.2) is 0 Å². The Bertz CT molecular complexity index is 467. The first-order valence-electron chi connectivity index (χ1n) is 5.83. The van der Waals surface area contributed by atoms with Gasteiger partial charge in [0, 0.05) is 25.0 Å². The van der Waals surface area contributed by atoms with E-state index in [4.69, 9.17) is 0 Å². The van der Waals surface area contributed by atoms with Crippen LogP contribution in [0.1, 0.15) is 11.3 Å². The molecule has 0 atom stereocenters. The smallest absolute Gasteiger partial charge is 0.234 e. The lowest BCUT2D eigenvalue weighted by Gasteiger charge is -2.06. The summed E-state index contributed by atoms with van der Waals surface area (Å²) in [5.41, 5.74) is 2.06. The summed E-state index contributed by atoms with van der Waals surface area (Å²) in [5.74, 6) is -0.0154. The minimum absolute atomic E-state index is 0.0154. The van der Waals surface area contributed by atoms with Crippen LogP contribution in [0.4, 0.5) is 0 Å². The normalized spacial score (nSPS) is 10.2. The predicted octanol–water partition coefficient (Wildman–Crippen LogP) is 0.816. The number of nitrogens with one attached hydrogen (secondary N) is 3. The van der Waals surface area contributed by atoms with Gasteiger partial charge in [-0.2, -0.15) is 0 Å². The molecule has 0 saturated heterocycles. The fourth-order valence-corrected chi connectivity index (χ4v) is 1.55. The van der Waals surface area contributed by atoms with E-state index in [-0.39, 0.29) is 5.91 Å². The zero-order valence-electron chi connectivity index (χ0n) is 10.0. The zero-order valence-corrected chi connectivity index (χ0v) is 10.0. The summed E-state index contributed by atoms with van der Waals surface area (Å²) in [6, 6.07) is 9.84. The van der Waals surface area contributed by atoms with Gasteiger partial charge in [-0.15, -0.1) is 0 Å². The molecule has 2 aromatic rings. The number of benzene rings is 1. The number of hydrogen-bond acceptors (Lipinski definition) is 3. The minimum Gasteiger partial charge on any atom is -0.351 e. The lowest BCUT2D eigenvalue weighted by atomic mass is 10.2. The van der Waals surface area contributed by atoms with E-state index >= 15 is 0 Å². The topological polar surface area (TPSA) is 69.8 Å². The summed E-state index contributed by atoms with van der Waals surface area (Å²) < 4.78 is 0. The summed E-state index contributed by atoms with van der Waals surface area (Å²) in [4.78, 5) is 18.4. The van der Waals surface area contributed by atoms with Gasteiger partial charge in [-0.25, -0.2) is 4.98 Å². The average Bonchev–Trinajstić information content (AvgIpc) is 2.91. The molecule has 0 unspecified atom stereocenters. The Morgan fingerprint density at radius 2 is 2.06 bits per heavy atom. The summed E-state index contributed by atoms with van der Waals surface area (Å²) in [5, 5.41) is 5.89. The van der Waals surface area contributed by atoms with Crippen molar-refractivity contribution in [1.29, 1.82) is 0 Å². The van der Waals surface area contributed by atoms with Crippen LogP contribution in [0.3, 0.4) is 0 Å². The van der Waals surface area contributed by atoms with Crippen molar-refractivity contribution >= 4 is 5.91 Å². The van der Waals surface area contributed by atoms with Crippen LogP contribution in [0.15, 0.2) is 42.9 Å². The molecule has 5 nitrogen and oxygen atoms in total. The number of amides is 1. The third kappa shape index (κ3) is 4.03. The molecule has 0 spiro atoms. The van der Waals surface area contributed by atoms with E-state index in [2.05, 4.69) is 20.6 Å². The monoisotopic (exact) mass is 244 g/mol. The van der Waals surface area contributed by atoms with Crippen molar-refractivity contribution in [1.82, 2.24) is 20.6 Å². The van der Waals surface area contributed by atoms with Crippen LogP contribution in [-0.2, 0) is 17.9 Å². The summed E-state index contributed by atoms with van der Waals surface area (Å²) in [7, 11) is 0. The van der Waals surface area contributed by atoms with E-state index in [9.17, 15) is 4.79 Å². The Labute approximate surface area is 106 Å². The van der Waals surface area contributed by atoms with Crippen molar-refractivity contribution in [3.05, 3.63) is 54.1 Å². The third-order valence-corrected chi connectivity index (χ3v) is 2.49. The summed E-state index contributed by atoms with van der Waals surface area (Å²) >= 11 is 0. The molecule has 0 saturated carbocycles. The van der Waals surface area contributed by atoms with E-state index in [1.54, 1.807) is 12.5 Å². The first kappa shape index (κ1) is 12.3. The first-order valence-corrected chi connectivity index (χ1v) is 5.83. The molecular weight excluding hydrogens is 228 g/mol. The van der Waals surface area contributed by atoms with Gasteiger partial charge in [-0.3, -0.25) is 4.79 Å². The summed E-state index contributed by atoms with van der Waals surface area (Å²) in [6.45, 7) is 1.47. The summed E-state index contributed by atoms with van der Waals surface area (Å²) in [6.07, 6.45) is 3.35. The number of carbonyl (C=O) groups is 1.